The minimum absolute atomic E-state index is 0.256. The second-order valence-electron chi connectivity index (χ2n) is 6.07. The van der Waals surface area contributed by atoms with Gasteiger partial charge in [-0.1, -0.05) is 0 Å². The quantitative estimate of drug-likeness (QED) is 0.506. The number of hydrogen-bond donors (Lipinski definition) is 1. The third-order valence-corrected chi connectivity index (χ3v) is 2.64. The van der Waals surface area contributed by atoms with E-state index in [1.807, 2.05) is 6.92 Å². The lowest BCUT2D eigenvalue weighted by Gasteiger charge is -2.26. The van der Waals surface area contributed by atoms with Crippen molar-refractivity contribution in [3.05, 3.63) is 0 Å². The van der Waals surface area contributed by atoms with Gasteiger partial charge >= 0.3 is 12.1 Å². The third kappa shape index (κ3) is 14.2. The van der Waals surface area contributed by atoms with Crippen LogP contribution in [0.25, 0.3) is 0 Å². The number of rotatable bonds is 13. The number of carboxylic acids is 1. The highest BCUT2D eigenvalue weighted by molar-refractivity contribution is 5.76. The minimum atomic E-state index is -1.08. The monoisotopic (exact) mass is 349 g/mol. The maximum Gasteiger partial charge on any atom is 0.410 e. The standard InChI is InChI=1S/C16H31NO7/c1-5-21-9-10-23-12-11-22-8-6-7-17(13-14(18)19)15(20)24-16(2,3)4/h5-13H2,1-4H3,(H,18,19). The van der Waals surface area contributed by atoms with Crippen LogP contribution in [0.5, 0.6) is 0 Å². The molecule has 0 fully saturated rings. The fourth-order valence-electron chi connectivity index (χ4n) is 1.67. The van der Waals surface area contributed by atoms with E-state index < -0.39 is 24.2 Å². The molecule has 0 radical (unpaired) electrons. The van der Waals surface area contributed by atoms with Gasteiger partial charge in [0, 0.05) is 19.8 Å². The fraction of sp³-hybridized carbons (Fsp3) is 0.875. The number of carbonyl (C=O) groups is 2. The van der Waals surface area contributed by atoms with Gasteiger partial charge in [0.15, 0.2) is 0 Å². The first-order valence-electron chi connectivity index (χ1n) is 8.19. The van der Waals surface area contributed by atoms with E-state index in [0.717, 1.165) is 4.90 Å². The van der Waals surface area contributed by atoms with E-state index in [9.17, 15) is 9.59 Å². The number of nitrogens with zero attached hydrogens (tertiary/aromatic N) is 1. The maximum atomic E-state index is 12.0. The Hall–Kier alpha value is -1.38. The van der Waals surface area contributed by atoms with Crippen molar-refractivity contribution >= 4 is 12.1 Å². The van der Waals surface area contributed by atoms with Crippen molar-refractivity contribution in [1.29, 1.82) is 0 Å². The number of ether oxygens (including phenoxy) is 4. The number of amides is 1. The number of carbonyl (C=O) groups excluding carboxylic acids is 1. The smallest absolute Gasteiger partial charge is 0.410 e. The van der Waals surface area contributed by atoms with Gasteiger partial charge in [0.2, 0.25) is 0 Å². The van der Waals surface area contributed by atoms with Gasteiger partial charge in [-0.2, -0.15) is 0 Å². The first-order chi connectivity index (χ1) is 11.3. The Kier molecular flexibility index (Phi) is 12.2. The van der Waals surface area contributed by atoms with Gasteiger partial charge in [0.05, 0.1) is 26.4 Å². The molecule has 0 bridgehead atoms. The molecule has 24 heavy (non-hydrogen) atoms. The lowest BCUT2D eigenvalue weighted by atomic mass is 10.2. The predicted molar refractivity (Wildman–Crippen MR) is 88.2 cm³/mol. The van der Waals surface area contributed by atoms with Gasteiger partial charge in [0.1, 0.15) is 12.1 Å². The first kappa shape index (κ1) is 22.6. The second-order valence-corrected chi connectivity index (χ2v) is 6.07. The van der Waals surface area contributed by atoms with Crippen LogP contribution >= 0.6 is 0 Å². The van der Waals surface area contributed by atoms with E-state index in [2.05, 4.69) is 0 Å². The summed E-state index contributed by atoms with van der Waals surface area (Å²) >= 11 is 0. The highest BCUT2D eigenvalue weighted by atomic mass is 16.6. The molecular weight excluding hydrogens is 318 g/mol. The van der Waals surface area contributed by atoms with Crippen LogP contribution < -0.4 is 0 Å². The van der Waals surface area contributed by atoms with E-state index in [-0.39, 0.29) is 6.54 Å². The summed E-state index contributed by atoms with van der Waals surface area (Å²) < 4.78 is 21.0. The Morgan fingerprint density at radius 2 is 1.50 bits per heavy atom. The molecule has 8 nitrogen and oxygen atoms in total. The topological polar surface area (TPSA) is 94.5 Å². The van der Waals surface area contributed by atoms with Crippen molar-refractivity contribution in [2.24, 2.45) is 0 Å². The maximum absolute atomic E-state index is 12.0. The number of hydrogen-bond acceptors (Lipinski definition) is 6. The third-order valence-electron chi connectivity index (χ3n) is 2.64. The molecule has 8 heteroatoms. The number of carboxylic acid groups (broad SMARTS) is 1. The Balaban J connectivity index is 3.87. The molecule has 0 spiro atoms. The average molecular weight is 349 g/mol. The molecule has 0 saturated heterocycles. The lowest BCUT2D eigenvalue weighted by Crippen LogP contribution is -2.40. The molecule has 0 aliphatic carbocycles. The van der Waals surface area contributed by atoms with E-state index in [1.165, 1.54) is 0 Å². The summed E-state index contributed by atoms with van der Waals surface area (Å²) in [5.74, 6) is -1.08. The Labute approximate surface area is 144 Å². The summed E-state index contributed by atoms with van der Waals surface area (Å²) in [4.78, 5) is 24.0. The molecule has 0 heterocycles. The van der Waals surface area contributed by atoms with Crippen LogP contribution in [0.2, 0.25) is 0 Å². The molecule has 0 unspecified atom stereocenters. The van der Waals surface area contributed by atoms with Crippen molar-refractivity contribution in [2.75, 3.05) is 52.7 Å². The van der Waals surface area contributed by atoms with Crippen LogP contribution in [0.1, 0.15) is 34.1 Å². The van der Waals surface area contributed by atoms with Gasteiger partial charge in [-0.05, 0) is 34.1 Å². The van der Waals surface area contributed by atoms with Crippen LogP contribution in [0.4, 0.5) is 4.79 Å². The van der Waals surface area contributed by atoms with E-state index in [0.29, 0.717) is 46.1 Å². The molecule has 0 saturated carbocycles. The Bertz CT molecular complexity index is 355. The zero-order valence-electron chi connectivity index (χ0n) is 15.2. The van der Waals surface area contributed by atoms with E-state index in [4.69, 9.17) is 24.1 Å². The fourth-order valence-corrected chi connectivity index (χ4v) is 1.67. The molecule has 0 atom stereocenters. The largest absolute Gasteiger partial charge is 0.480 e. The first-order valence-corrected chi connectivity index (χ1v) is 8.19. The lowest BCUT2D eigenvalue weighted by molar-refractivity contribution is -0.138. The molecular formula is C16H31NO7. The summed E-state index contributed by atoms with van der Waals surface area (Å²) in [6, 6.07) is 0. The Morgan fingerprint density at radius 3 is 2.00 bits per heavy atom. The van der Waals surface area contributed by atoms with Crippen molar-refractivity contribution in [1.82, 2.24) is 4.90 Å². The van der Waals surface area contributed by atoms with Gasteiger partial charge < -0.3 is 24.1 Å². The van der Waals surface area contributed by atoms with Crippen LogP contribution in [0.3, 0.4) is 0 Å². The van der Waals surface area contributed by atoms with Crippen molar-refractivity contribution in [3.8, 4) is 0 Å². The summed E-state index contributed by atoms with van der Waals surface area (Å²) in [6.45, 7) is 10.1. The zero-order chi connectivity index (χ0) is 18.4. The second kappa shape index (κ2) is 13.0. The highest BCUT2D eigenvalue weighted by Gasteiger charge is 2.23. The Morgan fingerprint density at radius 1 is 0.958 bits per heavy atom. The van der Waals surface area contributed by atoms with Gasteiger partial charge in [-0.3, -0.25) is 9.69 Å². The molecule has 0 rings (SSSR count). The van der Waals surface area contributed by atoms with Crippen LogP contribution in [0.15, 0.2) is 0 Å². The van der Waals surface area contributed by atoms with Crippen molar-refractivity contribution in [3.63, 3.8) is 0 Å². The molecule has 0 aromatic rings. The van der Waals surface area contributed by atoms with Crippen LogP contribution in [-0.2, 0) is 23.7 Å². The van der Waals surface area contributed by atoms with E-state index in [1.54, 1.807) is 20.8 Å². The van der Waals surface area contributed by atoms with Gasteiger partial charge in [-0.25, -0.2) is 4.79 Å². The summed E-state index contributed by atoms with van der Waals surface area (Å²) in [7, 11) is 0. The summed E-state index contributed by atoms with van der Waals surface area (Å²) in [5.41, 5.74) is -0.664. The molecule has 0 aliphatic heterocycles. The number of aliphatic carboxylic acids is 1. The summed E-state index contributed by atoms with van der Waals surface area (Å²) in [6.07, 6.45) is -0.116. The van der Waals surface area contributed by atoms with E-state index >= 15 is 0 Å². The molecule has 0 aromatic carbocycles. The average Bonchev–Trinajstić information content (AvgIpc) is 2.45. The zero-order valence-corrected chi connectivity index (χ0v) is 15.2. The molecule has 142 valence electrons. The summed E-state index contributed by atoms with van der Waals surface area (Å²) in [5, 5.41) is 8.89. The normalized spacial score (nSPS) is 11.3. The SMILES string of the molecule is CCOCCOCCOCCCN(CC(=O)O)C(=O)OC(C)(C)C. The molecule has 0 aromatic heterocycles. The predicted octanol–water partition coefficient (Wildman–Crippen LogP) is 1.77. The molecule has 1 N–H and O–H groups in total. The van der Waals surface area contributed by atoms with Crippen molar-refractivity contribution < 1.29 is 33.6 Å². The van der Waals surface area contributed by atoms with Crippen molar-refractivity contribution in [2.45, 2.75) is 39.7 Å². The minimum Gasteiger partial charge on any atom is -0.480 e. The molecule has 1 amide bonds. The van der Waals surface area contributed by atoms with Gasteiger partial charge in [-0.15, -0.1) is 0 Å². The molecule has 0 aliphatic rings. The van der Waals surface area contributed by atoms with Crippen LogP contribution in [-0.4, -0.2) is 80.4 Å². The van der Waals surface area contributed by atoms with Crippen LogP contribution in [0, 0.1) is 0 Å². The highest BCUT2D eigenvalue weighted by Crippen LogP contribution is 2.10. The van der Waals surface area contributed by atoms with Gasteiger partial charge in [0.25, 0.3) is 0 Å².